The predicted molar refractivity (Wildman–Crippen MR) is 147 cm³/mol. The van der Waals surface area contributed by atoms with Crippen LogP contribution in [0.2, 0.25) is 10.0 Å². The van der Waals surface area contributed by atoms with E-state index in [1.165, 1.54) is 0 Å². The summed E-state index contributed by atoms with van der Waals surface area (Å²) in [5.74, 6) is 1.55. The van der Waals surface area contributed by atoms with Gasteiger partial charge in [-0.1, -0.05) is 35.3 Å². The molecule has 0 bridgehead atoms. The predicted octanol–water partition coefficient (Wildman–Crippen LogP) is 5.58. The molecule has 2 aliphatic heterocycles. The number of rotatable bonds is 6. The Kier molecular flexibility index (Phi) is 8.01. The molecule has 2 aliphatic rings. The fourth-order valence-electron chi connectivity index (χ4n) is 5.59. The monoisotopic (exact) mass is 549 g/mol. The summed E-state index contributed by atoms with van der Waals surface area (Å²) in [6.45, 7) is 4.67. The fraction of sp³-hybridized carbons (Fsp3) is 0.379. The van der Waals surface area contributed by atoms with Crippen LogP contribution in [0.4, 0.5) is 5.82 Å². The molecule has 2 aromatic heterocycles. The second-order valence-electron chi connectivity index (χ2n) is 9.95. The Morgan fingerprint density at radius 2 is 1.79 bits per heavy atom. The number of hydrogen-bond donors (Lipinski definition) is 0. The molecule has 0 radical (unpaired) electrons. The molecular formula is C29H29Cl2N5O2. The molecule has 0 unspecified atom stereocenters. The number of ether oxygens (including phenoxy) is 1. The van der Waals surface area contributed by atoms with Gasteiger partial charge in [-0.05, 0) is 55.7 Å². The van der Waals surface area contributed by atoms with Crippen molar-refractivity contribution in [3.8, 4) is 11.9 Å². The first-order valence-corrected chi connectivity index (χ1v) is 13.6. The van der Waals surface area contributed by atoms with Crippen molar-refractivity contribution >= 4 is 34.9 Å². The van der Waals surface area contributed by atoms with Crippen molar-refractivity contribution in [2.75, 3.05) is 31.1 Å². The van der Waals surface area contributed by atoms with Gasteiger partial charge in [0.1, 0.15) is 18.0 Å². The van der Waals surface area contributed by atoms with Crippen molar-refractivity contribution in [2.45, 2.75) is 31.8 Å². The third-order valence-corrected chi connectivity index (χ3v) is 8.11. The van der Waals surface area contributed by atoms with Gasteiger partial charge in [-0.2, -0.15) is 5.26 Å². The summed E-state index contributed by atoms with van der Waals surface area (Å²) in [6, 6.07) is 17.2. The average molecular weight is 550 g/mol. The van der Waals surface area contributed by atoms with Gasteiger partial charge in [-0.3, -0.25) is 4.79 Å². The number of carbonyl (C=O) groups is 1. The van der Waals surface area contributed by atoms with Crippen molar-refractivity contribution < 1.29 is 9.53 Å². The maximum Gasteiger partial charge on any atom is 0.225 e. The van der Waals surface area contributed by atoms with Crippen molar-refractivity contribution in [2.24, 2.45) is 11.8 Å². The molecule has 1 amide bonds. The van der Waals surface area contributed by atoms with E-state index in [4.69, 9.17) is 27.9 Å². The number of aromatic nitrogens is 2. The zero-order valence-corrected chi connectivity index (χ0v) is 22.6. The summed E-state index contributed by atoms with van der Waals surface area (Å²) in [7, 11) is 0. The first-order valence-electron chi connectivity index (χ1n) is 12.9. The summed E-state index contributed by atoms with van der Waals surface area (Å²) < 4.78 is 6.21. The first kappa shape index (κ1) is 26.3. The number of amides is 1. The summed E-state index contributed by atoms with van der Waals surface area (Å²) in [5, 5.41) is 10.7. The van der Waals surface area contributed by atoms with Crippen LogP contribution in [0.3, 0.4) is 0 Å². The molecule has 196 valence electrons. The van der Waals surface area contributed by atoms with Gasteiger partial charge in [0.15, 0.2) is 0 Å². The number of anilines is 1. The van der Waals surface area contributed by atoms with Gasteiger partial charge in [0, 0.05) is 67.4 Å². The SMILES string of the molecule is C[C@H](Oc1ccc(Cl)cn1)[C@H]1CN(C(=O)C2CCN(c3ncccc3C#N)CC2)C[C@@H]1c1ccc(Cl)cc1. The largest absolute Gasteiger partial charge is 0.474 e. The molecule has 7 nitrogen and oxygen atoms in total. The highest BCUT2D eigenvalue weighted by atomic mass is 35.5. The first-order chi connectivity index (χ1) is 18.4. The summed E-state index contributed by atoms with van der Waals surface area (Å²) in [4.78, 5) is 26.5. The van der Waals surface area contributed by atoms with Crippen LogP contribution in [0.15, 0.2) is 60.9 Å². The minimum absolute atomic E-state index is 0.0562. The molecule has 38 heavy (non-hydrogen) atoms. The van der Waals surface area contributed by atoms with E-state index in [1.807, 2.05) is 36.1 Å². The second-order valence-corrected chi connectivity index (χ2v) is 10.8. The fourth-order valence-corrected chi connectivity index (χ4v) is 5.83. The smallest absolute Gasteiger partial charge is 0.225 e. The molecule has 2 saturated heterocycles. The lowest BCUT2D eigenvalue weighted by Crippen LogP contribution is -2.42. The van der Waals surface area contributed by atoms with Gasteiger partial charge >= 0.3 is 0 Å². The van der Waals surface area contributed by atoms with Gasteiger partial charge in [0.05, 0.1) is 10.6 Å². The normalized spacial score (nSPS) is 20.7. The van der Waals surface area contributed by atoms with Crippen LogP contribution in [0.1, 0.15) is 36.8 Å². The maximum absolute atomic E-state index is 13.7. The van der Waals surface area contributed by atoms with E-state index in [0.29, 0.717) is 53.5 Å². The van der Waals surface area contributed by atoms with Crippen LogP contribution >= 0.6 is 23.2 Å². The van der Waals surface area contributed by atoms with Gasteiger partial charge in [0.25, 0.3) is 0 Å². The highest BCUT2D eigenvalue weighted by molar-refractivity contribution is 6.30. The molecule has 3 aromatic rings. The Balaban J connectivity index is 1.29. The summed E-state index contributed by atoms with van der Waals surface area (Å²) in [6.07, 6.45) is 4.57. The van der Waals surface area contributed by atoms with Crippen molar-refractivity contribution in [1.29, 1.82) is 5.26 Å². The van der Waals surface area contributed by atoms with Crippen molar-refractivity contribution in [1.82, 2.24) is 14.9 Å². The quantitative estimate of drug-likeness (QED) is 0.399. The molecule has 2 fully saturated rings. The Hall–Kier alpha value is -3.34. The van der Waals surface area contributed by atoms with Crippen molar-refractivity contribution in [3.63, 3.8) is 0 Å². The van der Waals surface area contributed by atoms with E-state index in [9.17, 15) is 10.1 Å². The molecular weight excluding hydrogens is 521 g/mol. The third kappa shape index (κ3) is 5.72. The van der Waals surface area contributed by atoms with Crippen LogP contribution < -0.4 is 9.64 Å². The minimum atomic E-state index is -0.169. The Morgan fingerprint density at radius 3 is 2.47 bits per heavy atom. The average Bonchev–Trinajstić information content (AvgIpc) is 3.40. The number of nitrogens with zero attached hydrogens (tertiary/aromatic N) is 5. The number of hydrogen-bond acceptors (Lipinski definition) is 6. The minimum Gasteiger partial charge on any atom is -0.474 e. The molecule has 5 rings (SSSR count). The zero-order valence-electron chi connectivity index (χ0n) is 21.1. The van der Waals surface area contributed by atoms with Gasteiger partial charge in [-0.25, -0.2) is 9.97 Å². The number of pyridine rings is 2. The summed E-state index contributed by atoms with van der Waals surface area (Å²) >= 11 is 12.1. The van der Waals surface area contributed by atoms with Crippen LogP contribution in [-0.4, -0.2) is 53.1 Å². The molecule has 0 N–H and O–H groups in total. The lowest BCUT2D eigenvalue weighted by Gasteiger charge is -2.34. The Labute approximate surface area is 233 Å². The second kappa shape index (κ2) is 11.6. The molecule has 1 aromatic carbocycles. The number of benzene rings is 1. The van der Waals surface area contributed by atoms with E-state index in [1.54, 1.807) is 36.7 Å². The van der Waals surface area contributed by atoms with Crippen LogP contribution in [0.25, 0.3) is 0 Å². The van der Waals surface area contributed by atoms with E-state index in [2.05, 4.69) is 20.9 Å². The van der Waals surface area contributed by atoms with Crippen molar-refractivity contribution in [3.05, 3.63) is 82.1 Å². The Morgan fingerprint density at radius 1 is 1.05 bits per heavy atom. The number of carbonyl (C=O) groups excluding carboxylic acids is 1. The zero-order chi connectivity index (χ0) is 26.6. The third-order valence-electron chi connectivity index (χ3n) is 7.64. The van der Waals surface area contributed by atoms with Gasteiger partial charge < -0.3 is 14.5 Å². The maximum atomic E-state index is 13.7. The topological polar surface area (TPSA) is 82.3 Å². The van der Waals surface area contributed by atoms with E-state index in [-0.39, 0.29) is 29.8 Å². The molecule has 0 aliphatic carbocycles. The summed E-state index contributed by atoms with van der Waals surface area (Å²) in [5.41, 5.74) is 1.71. The van der Waals surface area contributed by atoms with E-state index < -0.39 is 0 Å². The lowest BCUT2D eigenvalue weighted by molar-refractivity contribution is -0.135. The van der Waals surface area contributed by atoms with Gasteiger partial charge in [-0.15, -0.1) is 0 Å². The van der Waals surface area contributed by atoms with Crippen LogP contribution in [0.5, 0.6) is 5.88 Å². The van der Waals surface area contributed by atoms with Crippen LogP contribution in [-0.2, 0) is 4.79 Å². The molecule has 0 spiro atoms. The highest BCUT2D eigenvalue weighted by Gasteiger charge is 2.42. The lowest BCUT2D eigenvalue weighted by atomic mass is 9.86. The van der Waals surface area contributed by atoms with E-state index in [0.717, 1.165) is 18.4 Å². The molecule has 9 heteroatoms. The number of nitriles is 1. The molecule has 3 atom stereocenters. The Bertz CT molecular complexity index is 1300. The number of halogens is 2. The molecule has 4 heterocycles. The number of likely N-dealkylation sites (tertiary alicyclic amines) is 1. The standard InChI is InChI=1S/C29H29Cl2N5O2/c1-19(38-27-9-8-24(31)16-34-27)25-17-36(18-26(25)20-4-6-23(30)7-5-20)29(37)21-10-13-35(14-11-21)28-22(15-32)3-2-12-33-28/h2-9,12,16,19,21,25-26H,10-11,13-14,17-18H2,1H3/t19-,25+,26+/m0/s1. The van der Waals surface area contributed by atoms with Crippen LogP contribution in [0, 0.1) is 23.2 Å². The highest BCUT2D eigenvalue weighted by Crippen LogP contribution is 2.38. The van der Waals surface area contributed by atoms with Gasteiger partial charge in [0.2, 0.25) is 11.8 Å². The number of piperidine rings is 1. The molecule has 0 saturated carbocycles. The van der Waals surface area contributed by atoms with E-state index >= 15 is 0 Å².